The molecular formula is C17H14F3NO4S. The van der Waals surface area contributed by atoms with Crippen molar-refractivity contribution in [2.75, 3.05) is 0 Å². The third-order valence-electron chi connectivity index (χ3n) is 3.90. The number of hydrogen-bond donors (Lipinski definition) is 1. The summed E-state index contributed by atoms with van der Waals surface area (Å²) in [7, 11) is -3.53. The van der Waals surface area contributed by atoms with E-state index in [1.54, 1.807) is 18.2 Å². The van der Waals surface area contributed by atoms with Gasteiger partial charge in [-0.25, -0.2) is 8.42 Å². The Morgan fingerprint density at radius 3 is 2.23 bits per heavy atom. The van der Waals surface area contributed by atoms with Gasteiger partial charge in [0.05, 0.1) is 22.8 Å². The number of halogens is 3. The van der Waals surface area contributed by atoms with Crippen molar-refractivity contribution in [1.82, 2.24) is 0 Å². The fraction of sp³-hybridized carbons (Fsp3) is 0.235. The van der Waals surface area contributed by atoms with E-state index in [2.05, 4.69) is 9.99 Å². The number of nitrogens with zero attached hydrogens (tertiary/aromatic N) is 1. The van der Waals surface area contributed by atoms with Gasteiger partial charge in [0, 0.05) is 0 Å². The largest absolute Gasteiger partial charge is 0.458 e. The predicted octanol–water partition coefficient (Wildman–Crippen LogP) is 3.04. The summed E-state index contributed by atoms with van der Waals surface area (Å²) in [5.74, 6) is -3.58. The second-order valence-corrected chi connectivity index (χ2v) is 7.85. The fourth-order valence-electron chi connectivity index (χ4n) is 2.45. The Morgan fingerprint density at radius 1 is 1.08 bits per heavy atom. The molecule has 1 unspecified atom stereocenters. The van der Waals surface area contributed by atoms with Crippen LogP contribution in [0.4, 0.5) is 13.2 Å². The molecule has 2 aromatic rings. The topological polar surface area (TPSA) is 76.0 Å². The summed E-state index contributed by atoms with van der Waals surface area (Å²) in [6.45, 7) is 0. The third kappa shape index (κ3) is 3.58. The quantitative estimate of drug-likeness (QED) is 0.878. The summed E-state index contributed by atoms with van der Waals surface area (Å²) in [4.78, 5) is 4.35. The lowest BCUT2D eigenvalue weighted by molar-refractivity contribution is -0.355. The highest BCUT2D eigenvalue weighted by molar-refractivity contribution is 7.90. The van der Waals surface area contributed by atoms with Gasteiger partial charge in [0.2, 0.25) is 0 Å². The van der Waals surface area contributed by atoms with Crippen LogP contribution < -0.4 is 0 Å². The van der Waals surface area contributed by atoms with Crippen molar-refractivity contribution in [3.8, 4) is 0 Å². The van der Waals surface area contributed by atoms with Crippen LogP contribution in [0.2, 0.25) is 0 Å². The number of aliphatic hydroxyl groups is 1. The fourth-order valence-corrected chi connectivity index (χ4v) is 3.82. The molecule has 2 aromatic carbocycles. The molecule has 0 aromatic heterocycles. The summed E-state index contributed by atoms with van der Waals surface area (Å²) in [6.07, 6.45) is -5.81. The van der Waals surface area contributed by atoms with Crippen LogP contribution in [0.25, 0.3) is 0 Å². The van der Waals surface area contributed by atoms with E-state index in [-0.39, 0.29) is 16.4 Å². The van der Waals surface area contributed by atoms with Crippen LogP contribution in [0.3, 0.4) is 0 Å². The minimum Gasteiger partial charge on any atom is -0.350 e. The molecule has 0 saturated heterocycles. The first-order chi connectivity index (χ1) is 12.1. The molecule has 138 valence electrons. The van der Waals surface area contributed by atoms with Crippen molar-refractivity contribution >= 4 is 15.5 Å². The number of rotatable bonds is 4. The third-order valence-corrected chi connectivity index (χ3v) is 5.61. The molecular weight excluding hydrogens is 371 g/mol. The van der Waals surface area contributed by atoms with Gasteiger partial charge < -0.3 is 9.94 Å². The normalized spacial score (nSPS) is 20.5. The molecule has 3 rings (SSSR count). The van der Waals surface area contributed by atoms with Gasteiger partial charge in [0.25, 0.3) is 0 Å². The monoisotopic (exact) mass is 385 g/mol. The van der Waals surface area contributed by atoms with Crippen LogP contribution in [0.15, 0.2) is 64.6 Å². The molecule has 0 spiro atoms. The van der Waals surface area contributed by atoms with Crippen LogP contribution in [-0.4, -0.2) is 31.2 Å². The van der Waals surface area contributed by atoms with Gasteiger partial charge in [0.1, 0.15) is 0 Å². The van der Waals surface area contributed by atoms with Gasteiger partial charge in [0.15, 0.2) is 9.84 Å². The van der Waals surface area contributed by atoms with Crippen LogP contribution in [0.5, 0.6) is 0 Å². The maximum atomic E-state index is 12.7. The summed E-state index contributed by atoms with van der Waals surface area (Å²) >= 11 is 0. The number of oxime groups is 1. The first-order valence-corrected chi connectivity index (χ1v) is 9.17. The zero-order valence-electron chi connectivity index (χ0n) is 13.3. The standard InChI is InChI=1S/C17H14F3NO4S/c18-17(19,20)16(22)10-15(21-25-16)13-8-6-12(7-9-13)11-26(23,24)14-4-2-1-3-5-14/h1-9,22H,10-11H2. The lowest BCUT2D eigenvalue weighted by Crippen LogP contribution is -2.45. The van der Waals surface area contributed by atoms with Gasteiger partial charge in [-0.3, -0.25) is 0 Å². The molecule has 1 aliphatic rings. The molecule has 1 heterocycles. The van der Waals surface area contributed by atoms with Gasteiger partial charge in [-0.05, 0) is 23.3 Å². The smallest absolute Gasteiger partial charge is 0.350 e. The average molecular weight is 385 g/mol. The molecule has 0 bridgehead atoms. The van der Waals surface area contributed by atoms with E-state index in [1.165, 1.54) is 36.4 Å². The molecule has 5 nitrogen and oxygen atoms in total. The van der Waals surface area contributed by atoms with E-state index in [0.717, 1.165) is 0 Å². The molecule has 26 heavy (non-hydrogen) atoms. The Balaban J connectivity index is 1.74. The number of alkyl halides is 3. The summed E-state index contributed by atoms with van der Waals surface area (Å²) < 4.78 is 62.9. The predicted molar refractivity (Wildman–Crippen MR) is 87.0 cm³/mol. The molecule has 0 aliphatic carbocycles. The molecule has 0 amide bonds. The van der Waals surface area contributed by atoms with E-state index >= 15 is 0 Å². The van der Waals surface area contributed by atoms with Crippen molar-refractivity contribution in [2.45, 2.75) is 29.0 Å². The minimum atomic E-state index is -4.97. The first kappa shape index (κ1) is 18.4. The summed E-state index contributed by atoms with van der Waals surface area (Å²) in [5.41, 5.74) is 0.719. The maximum absolute atomic E-state index is 12.7. The highest BCUT2D eigenvalue weighted by atomic mass is 32.2. The van der Waals surface area contributed by atoms with Crippen molar-refractivity contribution in [3.05, 3.63) is 65.7 Å². The molecule has 0 saturated carbocycles. The van der Waals surface area contributed by atoms with E-state index in [9.17, 15) is 26.7 Å². The molecule has 9 heteroatoms. The second kappa shape index (κ2) is 6.40. The molecule has 1 aliphatic heterocycles. The maximum Gasteiger partial charge on any atom is 0.458 e. The Kier molecular flexibility index (Phi) is 4.53. The molecule has 0 fully saturated rings. The van der Waals surface area contributed by atoms with Crippen molar-refractivity contribution in [2.24, 2.45) is 5.16 Å². The van der Waals surface area contributed by atoms with Gasteiger partial charge >= 0.3 is 12.0 Å². The van der Waals surface area contributed by atoms with Gasteiger partial charge in [-0.2, -0.15) is 13.2 Å². The van der Waals surface area contributed by atoms with Gasteiger partial charge in [-0.1, -0.05) is 47.6 Å². The summed E-state index contributed by atoms with van der Waals surface area (Å²) in [6, 6.07) is 13.8. The van der Waals surface area contributed by atoms with E-state index in [0.29, 0.717) is 11.1 Å². The lowest BCUT2D eigenvalue weighted by atomic mass is 10.0. The van der Waals surface area contributed by atoms with Crippen molar-refractivity contribution in [3.63, 3.8) is 0 Å². The van der Waals surface area contributed by atoms with E-state index in [1.807, 2.05) is 0 Å². The number of hydrogen-bond acceptors (Lipinski definition) is 5. The Morgan fingerprint density at radius 2 is 1.69 bits per heavy atom. The van der Waals surface area contributed by atoms with Crippen LogP contribution in [-0.2, 0) is 20.4 Å². The average Bonchev–Trinajstić information content (AvgIpc) is 3.00. The minimum absolute atomic E-state index is 0.0673. The molecule has 1 atom stereocenters. The van der Waals surface area contributed by atoms with Gasteiger partial charge in [-0.15, -0.1) is 0 Å². The van der Waals surface area contributed by atoms with Crippen molar-refractivity contribution in [1.29, 1.82) is 0 Å². The number of benzene rings is 2. The summed E-state index contributed by atoms with van der Waals surface area (Å²) in [5, 5.41) is 12.8. The Bertz CT molecular complexity index is 925. The van der Waals surface area contributed by atoms with Crippen LogP contribution in [0.1, 0.15) is 17.5 Å². The molecule has 1 N–H and O–H groups in total. The van der Waals surface area contributed by atoms with Crippen molar-refractivity contribution < 1.29 is 31.5 Å². The molecule has 0 radical (unpaired) electrons. The van der Waals surface area contributed by atoms with E-state index in [4.69, 9.17) is 0 Å². The SMILES string of the molecule is O=S(=O)(Cc1ccc(C2=NOC(O)(C(F)(F)F)C2)cc1)c1ccccc1. The lowest BCUT2D eigenvalue weighted by Gasteiger charge is -2.22. The van der Waals surface area contributed by atoms with Crippen LogP contribution >= 0.6 is 0 Å². The van der Waals surface area contributed by atoms with E-state index < -0.39 is 28.2 Å². The zero-order chi connectivity index (χ0) is 19.0. The zero-order valence-corrected chi connectivity index (χ0v) is 14.1. The highest BCUT2D eigenvalue weighted by Crippen LogP contribution is 2.38. The highest BCUT2D eigenvalue weighted by Gasteiger charge is 2.60. The Labute approximate surface area is 147 Å². The van der Waals surface area contributed by atoms with Crippen LogP contribution in [0, 0.1) is 0 Å². The Hall–Kier alpha value is -2.39. The number of sulfone groups is 1. The first-order valence-electron chi connectivity index (χ1n) is 7.52. The second-order valence-electron chi connectivity index (χ2n) is 5.86.